The van der Waals surface area contributed by atoms with Crippen LogP contribution in [0.1, 0.15) is 81.3 Å². The zero-order chi connectivity index (χ0) is 34.0. The van der Waals surface area contributed by atoms with E-state index in [-0.39, 0.29) is 30.4 Å². The average Bonchev–Trinajstić information content (AvgIpc) is 2.98. The lowest BCUT2D eigenvalue weighted by Gasteiger charge is -2.43. The molecule has 0 spiro atoms. The van der Waals surface area contributed by atoms with Crippen LogP contribution in [-0.2, 0) is 20.4 Å². The van der Waals surface area contributed by atoms with E-state index in [0.29, 0.717) is 32.4 Å². The number of fused-ring (bicyclic) bond motifs is 1. The Morgan fingerprint density at radius 1 is 1.09 bits per heavy atom. The van der Waals surface area contributed by atoms with Gasteiger partial charge in [-0.25, -0.2) is 4.79 Å². The minimum absolute atomic E-state index is 0.0599. The van der Waals surface area contributed by atoms with Crippen LogP contribution in [0.4, 0.5) is 23.7 Å². The smallest absolute Gasteiger partial charge is 0.417 e. The van der Waals surface area contributed by atoms with Gasteiger partial charge >= 0.3 is 12.3 Å². The van der Waals surface area contributed by atoms with Gasteiger partial charge in [-0.15, -0.1) is 0 Å². The van der Waals surface area contributed by atoms with E-state index in [1.54, 1.807) is 27.9 Å². The molecule has 0 aliphatic carbocycles. The predicted octanol–water partition coefficient (Wildman–Crippen LogP) is 6.50. The normalized spacial score (nSPS) is 19.7. The van der Waals surface area contributed by atoms with Crippen LogP contribution in [0.5, 0.6) is 5.75 Å². The van der Waals surface area contributed by atoms with Crippen LogP contribution in [0.25, 0.3) is 0 Å². The lowest BCUT2D eigenvalue weighted by atomic mass is 9.84. The summed E-state index contributed by atoms with van der Waals surface area (Å²) in [5.74, 6) is -1.69. The number of methoxy groups -OCH3 is 1. The Morgan fingerprint density at radius 3 is 2.37 bits per heavy atom. The second-order valence-electron chi connectivity index (χ2n) is 13.3. The van der Waals surface area contributed by atoms with E-state index in [1.807, 2.05) is 30.3 Å². The van der Waals surface area contributed by atoms with Crippen molar-refractivity contribution in [2.24, 2.45) is 0 Å². The fourth-order valence-electron chi connectivity index (χ4n) is 6.01. The number of unbranched alkanes of at least 4 members (excludes halogenated alkanes) is 1. The van der Waals surface area contributed by atoms with E-state index in [0.717, 1.165) is 17.7 Å². The number of nitrogens with zero attached hydrogens (tertiary/aromatic N) is 3. The van der Waals surface area contributed by atoms with Gasteiger partial charge in [0.2, 0.25) is 0 Å². The zero-order valence-corrected chi connectivity index (χ0v) is 27.6. The number of carbonyl (C=O) groups is 3. The van der Waals surface area contributed by atoms with Crippen LogP contribution in [0, 0.1) is 0 Å². The second-order valence-corrected chi connectivity index (χ2v) is 13.3. The van der Waals surface area contributed by atoms with Crippen molar-refractivity contribution in [3.8, 4) is 5.75 Å². The number of hydrogen-bond donors (Lipinski definition) is 0. The molecule has 0 aromatic heterocycles. The number of hydrogen-bond acceptors (Lipinski definition) is 6. The fourth-order valence-corrected chi connectivity index (χ4v) is 6.01. The first-order valence-electron chi connectivity index (χ1n) is 15.5. The topological polar surface area (TPSA) is 88.6 Å². The van der Waals surface area contributed by atoms with Crippen molar-refractivity contribution in [2.45, 2.75) is 83.2 Å². The Morgan fingerprint density at radius 2 is 1.76 bits per heavy atom. The van der Waals surface area contributed by atoms with Crippen LogP contribution in [0.2, 0.25) is 0 Å². The zero-order valence-electron chi connectivity index (χ0n) is 27.6. The molecular weight excluding hydrogens is 603 g/mol. The third kappa shape index (κ3) is 7.76. The van der Waals surface area contributed by atoms with Gasteiger partial charge in [0.25, 0.3) is 11.8 Å². The molecule has 4 rings (SSSR count). The highest BCUT2D eigenvalue weighted by molar-refractivity contribution is 6.05. The highest BCUT2D eigenvalue weighted by Crippen LogP contribution is 2.45. The van der Waals surface area contributed by atoms with E-state index in [9.17, 15) is 27.6 Å². The molecular formula is C34H44F3N3O6. The standard InChI is InChI=1S/C34H44F3N3O6/c1-32(2,3)46-31(43)39-17-15-23(22-13-9-8-10-14-22)27(21-39)38(6)29(41)24-19-26-28(20-25(24)34(35,36)37)45-33(4,5)30(42)40(26)16-11-12-18-44-7/h8-10,13-14,19-20,23,27H,11-12,15-18,21H2,1-7H3/t23-,27?/m1/s1. The van der Waals surface area contributed by atoms with Crippen LogP contribution in [-0.4, -0.2) is 85.3 Å². The quantitative estimate of drug-likeness (QED) is 0.304. The van der Waals surface area contributed by atoms with Gasteiger partial charge in [0, 0.05) is 46.3 Å². The number of likely N-dealkylation sites (N-methyl/N-ethyl adjacent to an activating group) is 1. The Bertz CT molecular complexity index is 1420. The van der Waals surface area contributed by atoms with Gasteiger partial charge in [-0.1, -0.05) is 30.3 Å². The van der Waals surface area contributed by atoms with E-state index in [4.69, 9.17) is 14.2 Å². The van der Waals surface area contributed by atoms with Crippen molar-refractivity contribution in [2.75, 3.05) is 45.3 Å². The molecule has 1 fully saturated rings. The molecule has 2 heterocycles. The Balaban J connectivity index is 1.76. The highest BCUT2D eigenvalue weighted by atomic mass is 19.4. The summed E-state index contributed by atoms with van der Waals surface area (Å²) in [4.78, 5) is 44.9. The maximum atomic E-state index is 14.6. The van der Waals surface area contributed by atoms with E-state index in [2.05, 4.69) is 0 Å². The number of carbonyl (C=O) groups excluding carboxylic acids is 3. The number of ether oxygens (including phenoxy) is 3. The molecule has 0 N–H and O–H groups in total. The Labute approximate surface area is 268 Å². The van der Waals surface area contributed by atoms with E-state index in [1.165, 1.54) is 35.6 Å². The molecule has 252 valence electrons. The summed E-state index contributed by atoms with van der Waals surface area (Å²) in [5, 5.41) is 0. The lowest BCUT2D eigenvalue weighted by molar-refractivity contribution is -0.138. The van der Waals surface area contributed by atoms with Gasteiger partial charge in [-0.05, 0) is 71.6 Å². The monoisotopic (exact) mass is 647 g/mol. The van der Waals surface area contributed by atoms with E-state index >= 15 is 0 Å². The number of benzene rings is 2. The summed E-state index contributed by atoms with van der Waals surface area (Å²) < 4.78 is 60.3. The summed E-state index contributed by atoms with van der Waals surface area (Å²) in [6.07, 6.45) is -3.83. The fraction of sp³-hybridized carbons (Fsp3) is 0.559. The van der Waals surface area contributed by atoms with Gasteiger partial charge in [-0.2, -0.15) is 13.2 Å². The molecule has 2 aliphatic heterocycles. The van der Waals surface area contributed by atoms with Gasteiger partial charge in [0.05, 0.1) is 22.9 Å². The van der Waals surface area contributed by atoms with Gasteiger partial charge in [-0.3, -0.25) is 9.59 Å². The number of likely N-dealkylation sites (tertiary alicyclic amines) is 1. The summed E-state index contributed by atoms with van der Waals surface area (Å²) in [6.45, 7) is 9.34. The first-order valence-corrected chi connectivity index (χ1v) is 15.5. The molecule has 2 aromatic carbocycles. The molecule has 1 unspecified atom stereocenters. The Hall–Kier alpha value is -3.80. The van der Waals surface area contributed by atoms with Crippen molar-refractivity contribution in [1.82, 2.24) is 9.80 Å². The molecule has 2 atom stereocenters. The summed E-state index contributed by atoms with van der Waals surface area (Å²) in [5.41, 5.74) is -2.92. The van der Waals surface area contributed by atoms with Crippen molar-refractivity contribution in [3.63, 3.8) is 0 Å². The van der Waals surface area contributed by atoms with Crippen molar-refractivity contribution in [1.29, 1.82) is 0 Å². The number of halogens is 3. The van der Waals surface area contributed by atoms with Gasteiger partial charge in [0.15, 0.2) is 5.60 Å². The largest absolute Gasteiger partial charge is 0.476 e. The van der Waals surface area contributed by atoms with Gasteiger partial charge < -0.3 is 28.9 Å². The second kappa shape index (κ2) is 13.5. The predicted molar refractivity (Wildman–Crippen MR) is 167 cm³/mol. The molecule has 12 heteroatoms. The van der Waals surface area contributed by atoms with Crippen molar-refractivity contribution in [3.05, 3.63) is 59.2 Å². The average molecular weight is 648 g/mol. The molecule has 46 heavy (non-hydrogen) atoms. The maximum Gasteiger partial charge on any atom is 0.417 e. The molecule has 2 aliphatic rings. The third-order valence-corrected chi connectivity index (χ3v) is 8.31. The molecule has 9 nitrogen and oxygen atoms in total. The number of amides is 3. The first-order chi connectivity index (χ1) is 21.4. The molecule has 3 amide bonds. The minimum atomic E-state index is -4.90. The highest BCUT2D eigenvalue weighted by Gasteiger charge is 2.46. The van der Waals surface area contributed by atoms with Crippen LogP contribution < -0.4 is 9.64 Å². The Kier molecular flexibility index (Phi) is 10.3. The minimum Gasteiger partial charge on any atom is -0.476 e. The van der Waals surface area contributed by atoms with E-state index < -0.39 is 52.5 Å². The summed E-state index contributed by atoms with van der Waals surface area (Å²) in [7, 11) is 3.02. The number of anilines is 1. The van der Waals surface area contributed by atoms with Crippen LogP contribution in [0.15, 0.2) is 42.5 Å². The number of rotatable bonds is 8. The van der Waals surface area contributed by atoms with Crippen LogP contribution in [0.3, 0.4) is 0 Å². The molecule has 0 radical (unpaired) electrons. The lowest BCUT2D eigenvalue weighted by Crippen LogP contribution is -2.55. The SMILES string of the molecule is COCCCCN1C(=O)C(C)(C)Oc2cc(C(F)(F)F)c(C(=O)N(C)C3CN(C(=O)OC(C)(C)C)CC[C@@H]3c3ccccc3)cc21. The third-order valence-electron chi connectivity index (χ3n) is 8.31. The molecule has 0 bridgehead atoms. The van der Waals surface area contributed by atoms with Crippen molar-refractivity contribution >= 4 is 23.6 Å². The number of alkyl halides is 3. The summed E-state index contributed by atoms with van der Waals surface area (Å²) in [6, 6.07) is 10.7. The van der Waals surface area contributed by atoms with Gasteiger partial charge in [0.1, 0.15) is 11.4 Å². The maximum absolute atomic E-state index is 14.6. The molecule has 2 aromatic rings. The first kappa shape index (κ1) is 35.1. The molecule has 0 saturated carbocycles. The summed E-state index contributed by atoms with van der Waals surface area (Å²) >= 11 is 0. The van der Waals surface area contributed by atoms with Crippen molar-refractivity contribution < 1.29 is 41.8 Å². The van der Waals surface area contributed by atoms with Crippen LogP contribution >= 0.6 is 0 Å². The molecule has 1 saturated heterocycles. The number of piperidine rings is 1.